The lowest BCUT2D eigenvalue weighted by Gasteiger charge is -2.34. The highest BCUT2D eigenvalue weighted by Gasteiger charge is 2.41. The number of nitrogens with zero attached hydrogens (tertiary/aromatic N) is 1. The van der Waals surface area contributed by atoms with Gasteiger partial charge in [0, 0.05) is 49.9 Å². The van der Waals surface area contributed by atoms with Crippen LogP contribution in [0.25, 0.3) is 0 Å². The van der Waals surface area contributed by atoms with E-state index in [9.17, 15) is 18.0 Å². The van der Waals surface area contributed by atoms with E-state index in [1.807, 2.05) is 63.1 Å². The SMILES string of the molecule is CNc1ccc(N2CCC(C(F)(F)F)CC2)cc1CC(=S)Nc1cc(CNC(=O)C(C)(C)C)ccc1Cl. The van der Waals surface area contributed by atoms with Crippen LogP contribution in [-0.2, 0) is 17.8 Å². The molecule has 0 unspecified atom stereocenters. The van der Waals surface area contributed by atoms with E-state index in [-0.39, 0.29) is 18.7 Å². The largest absolute Gasteiger partial charge is 0.391 e. The fraction of sp³-hybridized carbons (Fsp3) is 0.481. The highest BCUT2D eigenvalue weighted by molar-refractivity contribution is 7.80. The lowest BCUT2D eigenvalue weighted by Crippen LogP contribution is -2.39. The van der Waals surface area contributed by atoms with Gasteiger partial charge in [-0.1, -0.05) is 50.7 Å². The number of amides is 1. The lowest BCUT2D eigenvalue weighted by molar-refractivity contribution is -0.179. The zero-order valence-electron chi connectivity index (χ0n) is 21.6. The molecule has 1 saturated heterocycles. The average Bonchev–Trinajstić information content (AvgIpc) is 2.83. The van der Waals surface area contributed by atoms with Crippen LogP contribution in [0.1, 0.15) is 44.7 Å². The van der Waals surface area contributed by atoms with Crippen LogP contribution in [0.2, 0.25) is 5.02 Å². The predicted molar refractivity (Wildman–Crippen MR) is 150 cm³/mol. The molecule has 0 aromatic heterocycles. The molecule has 0 radical (unpaired) electrons. The fourth-order valence-corrected chi connectivity index (χ4v) is 4.66. The Morgan fingerprint density at radius 1 is 1.08 bits per heavy atom. The standard InChI is InChI=1S/C27H34ClF3N4OS/c1-26(2,3)25(36)33-16-17-5-7-21(28)23(13-17)34-24(37)15-18-14-20(6-8-22(18)32-4)35-11-9-19(10-12-35)27(29,30)31/h5-8,13-14,19,32H,9-12,15-16H2,1-4H3,(H,33,36)(H,34,37). The van der Waals surface area contributed by atoms with Gasteiger partial charge in [-0.05, 0) is 54.3 Å². The first-order valence-corrected chi connectivity index (χ1v) is 13.1. The molecule has 2 aromatic rings. The zero-order chi connectivity index (χ0) is 27.4. The molecule has 1 aliphatic rings. The number of hydrogen-bond acceptors (Lipinski definition) is 4. The molecule has 1 fully saturated rings. The molecule has 0 saturated carbocycles. The van der Waals surface area contributed by atoms with Crippen molar-refractivity contribution in [2.75, 3.05) is 35.7 Å². The third kappa shape index (κ3) is 7.98. The van der Waals surface area contributed by atoms with Crippen LogP contribution in [0.4, 0.5) is 30.2 Å². The van der Waals surface area contributed by atoms with Crippen LogP contribution in [0, 0.1) is 11.3 Å². The van der Waals surface area contributed by atoms with Crippen LogP contribution in [0.3, 0.4) is 0 Å². The summed E-state index contributed by atoms with van der Waals surface area (Å²) >= 11 is 12.0. The highest BCUT2D eigenvalue weighted by atomic mass is 35.5. The summed E-state index contributed by atoms with van der Waals surface area (Å²) in [6.45, 7) is 6.65. The number of thiocarbonyl (C=S) groups is 1. The quantitative estimate of drug-likeness (QED) is 0.328. The predicted octanol–water partition coefficient (Wildman–Crippen LogP) is 6.80. The van der Waals surface area contributed by atoms with E-state index in [1.54, 1.807) is 6.07 Å². The van der Waals surface area contributed by atoms with Crippen molar-refractivity contribution in [3.63, 3.8) is 0 Å². The second-order valence-corrected chi connectivity index (χ2v) is 11.3. The van der Waals surface area contributed by atoms with Crippen molar-refractivity contribution in [1.29, 1.82) is 0 Å². The van der Waals surface area contributed by atoms with Crippen LogP contribution in [0.15, 0.2) is 36.4 Å². The van der Waals surface area contributed by atoms with Crippen molar-refractivity contribution in [3.8, 4) is 0 Å². The molecule has 10 heteroatoms. The van der Waals surface area contributed by atoms with E-state index in [0.717, 1.165) is 22.5 Å². The van der Waals surface area contributed by atoms with Gasteiger partial charge in [0.25, 0.3) is 0 Å². The molecule has 37 heavy (non-hydrogen) atoms. The Hall–Kier alpha value is -2.52. The summed E-state index contributed by atoms with van der Waals surface area (Å²) < 4.78 is 39.2. The maximum atomic E-state index is 13.1. The van der Waals surface area contributed by atoms with Gasteiger partial charge in [0.05, 0.1) is 21.6 Å². The minimum Gasteiger partial charge on any atom is -0.388 e. The number of rotatable bonds is 7. The highest BCUT2D eigenvalue weighted by Crippen LogP contribution is 2.36. The summed E-state index contributed by atoms with van der Waals surface area (Å²) in [6.07, 6.45) is -3.53. The van der Waals surface area contributed by atoms with Gasteiger partial charge >= 0.3 is 6.18 Å². The van der Waals surface area contributed by atoms with E-state index in [1.165, 1.54) is 0 Å². The number of halogens is 4. The number of piperidine rings is 1. The molecular formula is C27H34ClF3N4OS. The minimum absolute atomic E-state index is 0.0467. The first kappa shape index (κ1) is 29.0. The molecule has 5 nitrogen and oxygen atoms in total. The van der Waals surface area contributed by atoms with Gasteiger partial charge in [0.2, 0.25) is 5.91 Å². The topological polar surface area (TPSA) is 56.4 Å². The van der Waals surface area contributed by atoms with Crippen LogP contribution in [0.5, 0.6) is 0 Å². The van der Waals surface area contributed by atoms with E-state index in [4.69, 9.17) is 23.8 Å². The zero-order valence-corrected chi connectivity index (χ0v) is 23.1. The van der Waals surface area contributed by atoms with Gasteiger partial charge in [-0.2, -0.15) is 13.2 Å². The first-order valence-electron chi connectivity index (χ1n) is 12.3. The van der Waals surface area contributed by atoms with Crippen LogP contribution >= 0.6 is 23.8 Å². The molecule has 0 spiro atoms. The van der Waals surface area contributed by atoms with Gasteiger partial charge in [-0.15, -0.1) is 0 Å². The molecule has 0 bridgehead atoms. The third-order valence-corrected chi connectivity index (χ3v) is 7.05. The molecule has 1 heterocycles. The van der Waals surface area contributed by atoms with Gasteiger partial charge in [0.1, 0.15) is 0 Å². The number of carbonyl (C=O) groups excluding carboxylic acids is 1. The number of nitrogens with one attached hydrogen (secondary N) is 3. The normalized spacial score (nSPS) is 14.9. The molecule has 3 rings (SSSR count). The van der Waals surface area contributed by atoms with E-state index < -0.39 is 17.5 Å². The maximum Gasteiger partial charge on any atom is 0.391 e. The number of alkyl halides is 3. The third-order valence-electron chi connectivity index (χ3n) is 6.47. The number of hydrogen-bond donors (Lipinski definition) is 3. The summed E-state index contributed by atoms with van der Waals surface area (Å²) in [5.74, 6) is -1.28. The second kappa shape index (κ2) is 11.9. The Labute approximate surface area is 227 Å². The Bertz CT molecular complexity index is 1130. The average molecular weight is 555 g/mol. The molecule has 0 atom stereocenters. The smallest absolute Gasteiger partial charge is 0.388 e. The van der Waals surface area contributed by atoms with Gasteiger partial charge < -0.3 is 20.9 Å². The minimum atomic E-state index is -4.14. The van der Waals surface area contributed by atoms with E-state index in [2.05, 4.69) is 16.0 Å². The van der Waals surface area contributed by atoms with Gasteiger partial charge in [0.15, 0.2) is 0 Å². The molecular weight excluding hydrogens is 521 g/mol. The summed E-state index contributed by atoms with van der Waals surface area (Å²) in [5.41, 5.74) is 3.75. The molecule has 202 valence electrons. The number of benzene rings is 2. The van der Waals surface area contributed by atoms with E-state index >= 15 is 0 Å². The second-order valence-electron chi connectivity index (χ2n) is 10.4. The van der Waals surface area contributed by atoms with Crippen molar-refractivity contribution >= 4 is 51.8 Å². The summed E-state index contributed by atoms with van der Waals surface area (Å²) in [7, 11) is 1.82. The Morgan fingerprint density at radius 2 is 1.76 bits per heavy atom. The summed E-state index contributed by atoms with van der Waals surface area (Å²) in [4.78, 5) is 14.7. The Balaban J connectivity index is 1.68. The molecule has 2 aromatic carbocycles. The van der Waals surface area contributed by atoms with Gasteiger partial charge in [-0.3, -0.25) is 4.79 Å². The Morgan fingerprint density at radius 3 is 2.35 bits per heavy atom. The van der Waals surface area contributed by atoms with Crippen molar-refractivity contribution in [2.24, 2.45) is 11.3 Å². The maximum absolute atomic E-state index is 13.1. The van der Waals surface area contributed by atoms with Crippen molar-refractivity contribution in [2.45, 2.75) is 52.8 Å². The van der Waals surface area contributed by atoms with E-state index in [0.29, 0.717) is 41.8 Å². The lowest BCUT2D eigenvalue weighted by atomic mass is 9.95. The van der Waals surface area contributed by atoms with Crippen molar-refractivity contribution < 1.29 is 18.0 Å². The molecule has 1 aliphatic heterocycles. The molecule has 0 aliphatic carbocycles. The number of anilines is 3. The monoisotopic (exact) mass is 554 g/mol. The molecule has 3 N–H and O–H groups in total. The van der Waals surface area contributed by atoms with Crippen molar-refractivity contribution in [3.05, 3.63) is 52.5 Å². The molecule has 1 amide bonds. The number of carbonyl (C=O) groups is 1. The van der Waals surface area contributed by atoms with Crippen molar-refractivity contribution in [1.82, 2.24) is 5.32 Å². The fourth-order valence-electron chi connectivity index (χ4n) is 4.23. The first-order chi connectivity index (χ1) is 17.3. The van der Waals surface area contributed by atoms with Crippen LogP contribution < -0.4 is 20.9 Å². The summed E-state index contributed by atoms with van der Waals surface area (Å²) in [5, 5.41) is 9.80. The van der Waals surface area contributed by atoms with Crippen LogP contribution in [-0.4, -0.2) is 37.2 Å². The van der Waals surface area contributed by atoms with Gasteiger partial charge in [-0.25, -0.2) is 0 Å². The summed E-state index contributed by atoms with van der Waals surface area (Å²) in [6, 6.07) is 11.3. The Kier molecular flexibility index (Phi) is 9.34.